The Morgan fingerprint density at radius 1 is 1.52 bits per heavy atom. The van der Waals surface area contributed by atoms with Gasteiger partial charge in [-0.1, -0.05) is 22.9 Å². The molecule has 1 aliphatic rings. The van der Waals surface area contributed by atoms with Gasteiger partial charge in [-0.25, -0.2) is 0 Å². The zero-order valence-corrected chi connectivity index (χ0v) is 15.6. The van der Waals surface area contributed by atoms with E-state index in [0.717, 1.165) is 24.0 Å². The molecule has 1 heterocycles. The van der Waals surface area contributed by atoms with Crippen LogP contribution in [0.25, 0.3) is 0 Å². The number of nitrogens with two attached hydrogens (primary N) is 1. The van der Waals surface area contributed by atoms with Crippen LogP contribution in [0.3, 0.4) is 0 Å². The van der Waals surface area contributed by atoms with Gasteiger partial charge in [0.05, 0.1) is 5.75 Å². The van der Waals surface area contributed by atoms with Crippen molar-refractivity contribution in [3.05, 3.63) is 28.2 Å². The molecule has 21 heavy (non-hydrogen) atoms. The molecule has 1 unspecified atom stereocenters. The van der Waals surface area contributed by atoms with Crippen LogP contribution >= 0.6 is 40.1 Å². The SMILES string of the molecule is Cc1cc(Br)ccc1SCC(=O)N1CCC(C)(CN)C1.Cl. The highest BCUT2D eigenvalue weighted by Gasteiger charge is 2.34. The summed E-state index contributed by atoms with van der Waals surface area (Å²) < 4.78 is 1.07. The molecule has 1 fully saturated rings. The fraction of sp³-hybridized carbons (Fsp3) is 0.533. The van der Waals surface area contributed by atoms with Crippen LogP contribution in [-0.4, -0.2) is 36.2 Å². The molecule has 0 radical (unpaired) electrons. The number of hydrogen-bond donors (Lipinski definition) is 1. The van der Waals surface area contributed by atoms with Crippen LogP contribution in [0.1, 0.15) is 18.9 Å². The highest BCUT2D eigenvalue weighted by atomic mass is 79.9. The Hall–Kier alpha value is -0.230. The molecule has 0 aromatic heterocycles. The molecule has 0 spiro atoms. The summed E-state index contributed by atoms with van der Waals surface area (Å²) >= 11 is 5.07. The topological polar surface area (TPSA) is 46.3 Å². The Bertz CT molecular complexity index is 514. The van der Waals surface area contributed by atoms with E-state index in [9.17, 15) is 4.79 Å². The number of amides is 1. The van der Waals surface area contributed by atoms with E-state index in [1.807, 2.05) is 11.0 Å². The second kappa shape index (κ2) is 7.86. The van der Waals surface area contributed by atoms with Crippen LogP contribution in [-0.2, 0) is 4.79 Å². The summed E-state index contributed by atoms with van der Waals surface area (Å²) in [6.07, 6.45) is 1.01. The Morgan fingerprint density at radius 2 is 2.24 bits per heavy atom. The van der Waals surface area contributed by atoms with E-state index < -0.39 is 0 Å². The van der Waals surface area contributed by atoms with Crippen LogP contribution in [0, 0.1) is 12.3 Å². The van der Waals surface area contributed by atoms with Crippen molar-refractivity contribution in [2.24, 2.45) is 11.1 Å². The van der Waals surface area contributed by atoms with Crippen LogP contribution in [0.4, 0.5) is 0 Å². The third-order valence-electron chi connectivity index (χ3n) is 3.89. The summed E-state index contributed by atoms with van der Waals surface area (Å²) in [6, 6.07) is 6.15. The third kappa shape index (κ3) is 4.88. The standard InChI is InChI=1S/C15H21BrN2OS.ClH/c1-11-7-12(16)3-4-13(11)20-8-14(19)18-6-5-15(2,9-17)10-18;/h3-4,7H,5-6,8-10,17H2,1-2H3;1H. The molecule has 0 bridgehead atoms. The zero-order chi connectivity index (χ0) is 14.8. The molecule has 0 saturated carbocycles. The maximum Gasteiger partial charge on any atom is 0.232 e. The molecule has 2 rings (SSSR count). The Kier molecular flexibility index (Phi) is 7.04. The van der Waals surface area contributed by atoms with Gasteiger partial charge in [0, 0.05) is 22.5 Å². The van der Waals surface area contributed by atoms with Gasteiger partial charge in [0.25, 0.3) is 0 Å². The van der Waals surface area contributed by atoms with Crippen molar-refractivity contribution in [3.8, 4) is 0 Å². The van der Waals surface area contributed by atoms with E-state index in [1.165, 1.54) is 10.5 Å². The van der Waals surface area contributed by atoms with E-state index in [-0.39, 0.29) is 23.7 Å². The van der Waals surface area contributed by atoms with Crippen molar-refractivity contribution >= 4 is 46.0 Å². The molecule has 1 aromatic rings. The summed E-state index contributed by atoms with van der Waals surface area (Å²) in [5.41, 5.74) is 7.09. The number of aryl methyl sites for hydroxylation is 1. The van der Waals surface area contributed by atoms with Crippen LogP contribution in [0.5, 0.6) is 0 Å². The Labute approximate surface area is 145 Å². The number of nitrogens with zero attached hydrogens (tertiary/aromatic N) is 1. The molecule has 1 amide bonds. The molecule has 1 saturated heterocycles. The predicted octanol–water partition coefficient (Wildman–Crippen LogP) is 3.47. The smallest absolute Gasteiger partial charge is 0.232 e. The minimum Gasteiger partial charge on any atom is -0.341 e. The summed E-state index contributed by atoms with van der Waals surface area (Å²) in [5.74, 6) is 0.720. The fourth-order valence-corrected chi connectivity index (χ4v) is 3.80. The monoisotopic (exact) mass is 392 g/mol. The second-order valence-corrected chi connectivity index (χ2v) is 7.71. The lowest BCUT2D eigenvalue weighted by Gasteiger charge is -2.22. The lowest BCUT2D eigenvalue weighted by molar-refractivity contribution is -0.127. The van der Waals surface area contributed by atoms with Crippen LogP contribution < -0.4 is 5.73 Å². The first-order chi connectivity index (χ1) is 9.43. The summed E-state index contributed by atoms with van der Waals surface area (Å²) in [4.78, 5) is 15.4. The first-order valence-electron chi connectivity index (χ1n) is 6.80. The van der Waals surface area contributed by atoms with Crippen LogP contribution in [0.2, 0.25) is 0 Å². The average Bonchev–Trinajstić information content (AvgIpc) is 2.81. The van der Waals surface area contributed by atoms with Crippen LogP contribution in [0.15, 0.2) is 27.6 Å². The van der Waals surface area contributed by atoms with Crippen molar-refractivity contribution in [2.75, 3.05) is 25.4 Å². The third-order valence-corrected chi connectivity index (χ3v) is 5.55. The minimum absolute atomic E-state index is 0. The molecule has 0 aliphatic carbocycles. The van der Waals surface area contributed by atoms with E-state index in [1.54, 1.807) is 11.8 Å². The molecule has 1 aliphatic heterocycles. The molecule has 1 aromatic carbocycles. The first-order valence-corrected chi connectivity index (χ1v) is 8.58. The van der Waals surface area contributed by atoms with Gasteiger partial charge in [0.15, 0.2) is 0 Å². The van der Waals surface area contributed by atoms with E-state index in [2.05, 4.69) is 41.9 Å². The van der Waals surface area contributed by atoms with Gasteiger partial charge in [-0.3, -0.25) is 4.79 Å². The second-order valence-electron chi connectivity index (χ2n) is 5.78. The molecule has 6 heteroatoms. The number of halogens is 2. The Balaban J connectivity index is 0.00000220. The molecule has 118 valence electrons. The largest absolute Gasteiger partial charge is 0.341 e. The summed E-state index contributed by atoms with van der Waals surface area (Å²) in [7, 11) is 0. The number of carbonyl (C=O) groups is 1. The van der Waals surface area contributed by atoms with Crippen molar-refractivity contribution in [1.82, 2.24) is 4.90 Å². The van der Waals surface area contributed by atoms with Gasteiger partial charge >= 0.3 is 0 Å². The zero-order valence-electron chi connectivity index (χ0n) is 12.4. The normalized spacial score (nSPS) is 21.2. The lowest BCUT2D eigenvalue weighted by atomic mass is 9.90. The van der Waals surface area contributed by atoms with Crippen molar-refractivity contribution in [3.63, 3.8) is 0 Å². The molecule has 2 N–H and O–H groups in total. The van der Waals surface area contributed by atoms with Gasteiger partial charge in [-0.15, -0.1) is 24.2 Å². The highest BCUT2D eigenvalue weighted by Crippen LogP contribution is 2.30. The molecule has 1 atom stereocenters. The van der Waals surface area contributed by atoms with Gasteiger partial charge in [-0.05, 0) is 49.1 Å². The summed E-state index contributed by atoms with van der Waals surface area (Å²) in [5, 5.41) is 0. The van der Waals surface area contributed by atoms with Gasteiger partial charge in [-0.2, -0.15) is 0 Å². The number of thioether (sulfide) groups is 1. The lowest BCUT2D eigenvalue weighted by Crippen LogP contribution is -2.35. The van der Waals surface area contributed by atoms with Crippen molar-refractivity contribution in [2.45, 2.75) is 25.2 Å². The van der Waals surface area contributed by atoms with Crippen molar-refractivity contribution in [1.29, 1.82) is 0 Å². The predicted molar refractivity (Wildman–Crippen MR) is 95.2 cm³/mol. The number of carbonyl (C=O) groups excluding carboxylic acids is 1. The number of benzene rings is 1. The first kappa shape index (κ1) is 18.8. The average molecular weight is 394 g/mol. The number of likely N-dealkylation sites (tertiary alicyclic amines) is 1. The molecular formula is C15H22BrClN2OS. The summed E-state index contributed by atoms with van der Waals surface area (Å²) in [6.45, 7) is 6.51. The van der Waals surface area contributed by atoms with E-state index in [0.29, 0.717) is 12.3 Å². The minimum atomic E-state index is 0. The molecule has 3 nitrogen and oxygen atoms in total. The van der Waals surface area contributed by atoms with E-state index in [4.69, 9.17) is 5.73 Å². The maximum atomic E-state index is 12.3. The van der Waals surface area contributed by atoms with Crippen molar-refractivity contribution < 1.29 is 4.79 Å². The highest BCUT2D eigenvalue weighted by molar-refractivity contribution is 9.10. The fourth-order valence-electron chi connectivity index (χ4n) is 2.41. The van der Waals surface area contributed by atoms with Gasteiger partial charge in [0.1, 0.15) is 0 Å². The molecular weight excluding hydrogens is 372 g/mol. The van der Waals surface area contributed by atoms with Gasteiger partial charge in [0.2, 0.25) is 5.91 Å². The van der Waals surface area contributed by atoms with E-state index >= 15 is 0 Å². The number of hydrogen-bond acceptors (Lipinski definition) is 3. The number of rotatable bonds is 4. The maximum absolute atomic E-state index is 12.3. The van der Waals surface area contributed by atoms with Gasteiger partial charge < -0.3 is 10.6 Å². The Morgan fingerprint density at radius 3 is 2.81 bits per heavy atom. The quantitative estimate of drug-likeness (QED) is 0.797.